The molecule has 0 heterocycles. The predicted molar refractivity (Wildman–Crippen MR) is 56.0 cm³/mol. The monoisotopic (exact) mass is 244 g/mol. The van der Waals surface area contributed by atoms with Crippen LogP contribution in [0.1, 0.15) is 17.3 Å². The summed E-state index contributed by atoms with van der Waals surface area (Å²) in [5.41, 5.74) is -0.822. The van der Waals surface area contributed by atoms with E-state index in [1.807, 2.05) is 0 Å². The van der Waals surface area contributed by atoms with Crippen molar-refractivity contribution >= 4 is 17.7 Å². The maximum absolute atomic E-state index is 12.9. The van der Waals surface area contributed by atoms with E-state index in [0.29, 0.717) is 18.7 Å². The first-order valence-electron chi connectivity index (χ1n) is 4.73. The Morgan fingerprint density at radius 1 is 1.29 bits per heavy atom. The van der Waals surface area contributed by atoms with Gasteiger partial charge in [-0.1, -0.05) is 0 Å². The summed E-state index contributed by atoms with van der Waals surface area (Å²) in [5, 5.41) is 13.2. The van der Waals surface area contributed by atoms with Crippen LogP contribution < -0.4 is 10.6 Å². The van der Waals surface area contributed by atoms with Gasteiger partial charge in [0.05, 0.1) is 11.3 Å². The van der Waals surface area contributed by atoms with E-state index in [0.717, 1.165) is 0 Å². The third-order valence-electron chi connectivity index (χ3n) is 1.88. The Morgan fingerprint density at radius 3 is 2.41 bits per heavy atom. The van der Waals surface area contributed by atoms with E-state index >= 15 is 0 Å². The van der Waals surface area contributed by atoms with Crippen LogP contribution in [0.15, 0.2) is 12.1 Å². The summed E-state index contributed by atoms with van der Waals surface area (Å²) >= 11 is 0. The Labute approximate surface area is 95.4 Å². The van der Waals surface area contributed by atoms with Gasteiger partial charge in [0.1, 0.15) is 0 Å². The summed E-state index contributed by atoms with van der Waals surface area (Å²) in [4.78, 5) is 21.9. The first-order valence-corrected chi connectivity index (χ1v) is 4.73. The van der Waals surface area contributed by atoms with Crippen LogP contribution >= 0.6 is 0 Å². The highest BCUT2D eigenvalue weighted by molar-refractivity contribution is 6.00. The lowest BCUT2D eigenvalue weighted by Crippen LogP contribution is -2.29. The number of carboxylic acids is 1. The third kappa shape index (κ3) is 3.13. The summed E-state index contributed by atoms with van der Waals surface area (Å²) in [7, 11) is 0. The van der Waals surface area contributed by atoms with Crippen LogP contribution in [-0.2, 0) is 0 Å². The van der Waals surface area contributed by atoms with Gasteiger partial charge in [-0.3, -0.25) is 0 Å². The van der Waals surface area contributed by atoms with Crippen molar-refractivity contribution in [3.8, 4) is 0 Å². The number of aromatic carboxylic acids is 1. The molecule has 0 unspecified atom stereocenters. The van der Waals surface area contributed by atoms with Gasteiger partial charge in [0.25, 0.3) is 0 Å². The number of benzene rings is 1. The topological polar surface area (TPSA) is 78.4 Å². The molecule has 1 aromatic rings. The Kier molecular flexibility index (Phi) is 3.97. The zero-order valence-electron chi connectivity index (χ0n) is 8.88. The van der Waals surface area contributed by atoms with Crippen molar-refractivity contribution in [3.63, 3.8) is 0 Å². The van der Waals surface area contributed by atoms with Crippen molar-refractivity contribution in [2.75, 3.05) is 11.9 Å². The molecular weight excluding hydrogens is 234 g/mol. The molecule has 0 bridgehead atoms. The lowest BCUT2D eigenvalue weighted by atomic mass is 10.1. The molecule has 1 aromatic carbocycles. The van der Waals surface area contributed by atoms with Crippen LogP contribution in [0, 0.1) is 11.6 Å². The van der Waals surface area contributed by atoms with Crippen molar-refractivity contribution in [2.24, 2.45) is 0 Å². The molecule has 0 fully saturated rings. The first-order chi connectivity index (χ1) is 7.95. The summed E-state index contributed by atoms with van der Waals surface area (Å²) < 4.78 is 25.8. The van der Waals surface area contributed by atoms with Crippen molar-refractivity contribution < 1.29 is 23.5 Å². The lowest BCUT2D eigenvalue weighted by Gasteiger charge is -2.09. The Morgan fingerprint density at radius 2 is 1.88 bits per heavy atom. The number of amides is 2. The third-order valence-corrected chi connectivity index (χ3v) is 1.88. The molecule has 17 heavy (non-hydrogen) atoms. The zero-order chi connectivity index (χ0) is 13.0. The quantitative estimate of drug-likeness (QED) is 0.758. The molecule has 0 aliphatic heterocycles. The molecule has 0 radical (unpaired) electrons. The highest BCUT2D eigenvalue weighted by Crippen LogP contribution is 2.20. The normalized spacial score (nSPS) is 9.82. The number of carboxylic acid groups (broad SMARTS) is 1. The summed E-state index contributed by atoms with van der Waals surface area (Å²) in [6.07, 6.45) is 0. The summed E-state index contributed by atoms with van der Waals surface area (Å²) in [6, 6.07) is 0.439. The van der Waals surface area contributed by atoms with Gasteiger partial charge in [-0.2, -0.15) is 0 Å². The number of halogens is 2. The minimum atomic E-state index is -1.46. The van der Waals surface area contributed by atoms with E-state index in [-0.39, 0.29) is 5.69 Å². The highest BCUT2D eigenvalue weighted by Gasteiger charge is 2.16. The van der Waals surface area contributed by atoms with Gasteiger partial charge in [0, 0.05) is 12.6 Å². The van der Waals surface area contributed by atoms with Crippen LogP contribution in [0.5, 0.6) is 0 Å². The zero-order valence-corrected chi connectivity index (χ0v) is 8.88. The van der Waals surface area contributed by atoms with Crippen molar-refractivity contribution in [1.82, 2.24) is 5.32 Å². The highest BCUT2D eigenvalue weighted by atomic mass is 19.2. The number of carbonyl (C=O) groups is 2. The molecule has 3 N–H and O–H groups in total. The second-order valence-corrected chi connectivity index (χ2v) is 3.10. The number of hydrogen-bond acceptors (Lipinski definition) is 2. The lowest BCUT2D eigenvalue weighted by molar-refractivity contribution is 0.0697. The first kappa shape index (κ1) is 12.9. The van der Waals surface area contributed by atoms with Crippen molar-refractivity contribution in [3.05, 3.63) is 29.3 Å². The SMILES string of the molecule is CCNC(=O)Nc1cc(F)c(F)cc1C(=O)O. The molecule has 2 amide bonds. The standard InChI is InChI=1S/C10H10F2N2O3/c1-2-13-10(17)14-8-4-7(12)6(11)3-5(8)9(15)16/h3-4H,2H2,1H3,(H,15,16)(H2,13,14,17). The summed E-state index contributed by atoms with van der Waals surface area (Å²) in [5.74, 6) is -3.98. The van der Waals surface area contributed by atoms with Gasteiger partial charge >= 0.3 is 12.0 Å². The number of rotatable bonds is 3. The molecule has 7 heteroatoms. The minimum Gasteiger partial charge on any atom is -0.478 e. The molecular formula is C10H10F2N2O3. The van der Waals surface area contributed by atoms with E-state index in [2.05, 4.69) is 10.6 Å². The molecule has 0 atom stereocenters. The fourth-order valence-electron chi connectivity index (χ4n) is 1.15. The Hall–Kier alpha value is -2.18. The molecule has 92 valence electrons. The van der Waals surface area contributed by atoms with Gasteiger partial charge in [0.2, 0.25) is 0 Å². The largest absolute Gasteiger partial charge is 0.478 e. The number of hydrogen-bond donors (Lipinski definition) is 3. The molecule has 0 aromatic heterocycles. The molecule has 0 aliphatic carbocycles. The number of anilines is 1. The maximum atomic E-state index is 12.9. The van der Waals surface area contributed by atoms with E-state index in [1.165, 1.54) is 0 Å². The van der Waals surface area contributed by atoms with Gasteiger partial charge < -0.3 is 15.7 Å². The fraction of sp³-hybridized carbons (Fsp3) is 0.200. The van der Waals surface area contributed by atoms with Gasteiger partial charge in [-0.15, -0.1) is 0 Å². The predicted octanol–water partition coefficient (Wildman–Crippen LogP) is 1.80. The second-order valence-electron chi connectivity index (χ2n) is 3.10. The summed E-state index contributed by atoms with van der Waals surface area (Å²) in [6.45, 7) is 1.97. The second kappa shape index (κ2) is 5.24. The van der Waals surface area contributed by atoms with E-state index < -0.39 is 29.2 Å². The number of urea groups is 1. The Balaban J connectivity index is 3.08. The van der Waals surface area contributed by atoms with Crippen molar-refractivity contribution in [2.45, 2.75) is 6.92 Å². The van der Waals surface area contributed by atoms with Crippen LogP contribution in [0.2, 0.25) is 0 Å². The van der Waals surface area contributed by atoms with Crippen molar-refractivity contribution in [1.29, 1.82) is 0 Å². The van der Waals surface area contributed by atoms with Crippen LogP contribution in [0.3, 0.4) is 0 Å². The van der Waals surface area contributed by atoms with E-state index in [4.69, 9.17) is 5.11 Å². The molecule has 0 saturated heterocycles. The maximum Gasteiger partial charge on any atom is 0.337 e. The Bertz CT molecular complexity index is 463. The number of carbonyl (C=O) groups excluding carboxylic acids is 1. The molecule has 5 nitrogen and oxygen atoms in total. The average molecular weight is 244 g/mol. The van der Waals surface area contributed by atoms with Crippen LogP contribution in [0.4, 0.5) is 19.3 Å². The smallest absolute Gasteiger partial charge is 0.337 e. The number of nitrogens with one attached hydrogen (secondary N) is 2. The van der Waals surface area contributed by atoms with Gasteiger partial charge in [0.15, 0.2) is 11.6 Å². The molecule has 0 spiro atoms. The molecule has 0 aliphatic rings. The molecule has 1 rings (SSSR count). The van der Waals surface area contributed by atoms with Gasteiger partial charge in [-0.25, -0.2) is 18.4 Å². The molecule has 0 saturated carbocycles. The van der Waals surface area contributed by atoms with Gasteiger partial charge in [-0.05, 0) is 13.0 Å². The fourth-order valence-corrected chi connectivity index (χ4v) is 1.15. The van der Waals surface area contributed by atoms with E-state index in [9.17, 15) is 18.4 Å². The van der Waals surface area contributed by atoms with Crippen LogP contribution in [0.25, 0.3) is 0 Å². The van der Waals surface area contributed by atoms with E-state index in [1.54, 1.807) is 6.92 Å². The minimum absolute atomic E-state index is 0.303. The average Bonchev–Trinajstić information content (AvgIpc) is 2.23. The van der Waals surface area contributed by atoms with Crippen LogP contribution in [-0.4, -0.2) is 23.7 Å².